The summed E-state index contributed by atoms with van der Waals surface area (Å²) in [5.74, 6) is 0.330. The van der Waals surface area contributed by atoms with Gasteiger partial charge in [-0.25, -0.2) is 0 Å². The summed E-state index contributed by atoms with van der Waals surface area (Å²) in [7, 11) is 0. The van der Waals surface area contributed by atoms with Gasteiger partial charge >= 0.3 is 0 Å². The maximum atomic E-state index is 12.5. The molecule has 0 aliphatic carbocycles. The molecule has 0 saturated heterocycles. The van der Waals surface area contributed by atoms with Crippen LogP contribution in [0.2, 0.25) is 0 Å². The van der Waals surface area contributed by atoms with E-state index in [2.05, 4.69) is 5.32 Å². The quantitative estimate of drug-likeness (QED) is 0.177. The fraction of sp³-hybridized carbons (Fsp3) is 0. The molecule has 8 heteroatoms. The number of hydrogen-bond acceptors (Lipinski definition) is 6. The Kier molecular flexibility index (Phi) is 5.76. The summed E-state index contributed by atoms with van der Waals surface area (Å²) in [6, 6.07) is 19.1. The lowest BCUT2D eigenvalue weighted by atomic mass is 10.1. The Morgan fingerprint density at radius 2 is 1.81 bits per heavy atom. The summed E-state index contributed by atoms with van der Waals surface area (Å²) in [4.78, 5) is 35.1. The number of nitro benzene ring substituents is 1. The zero-order chi connectivity index (χ0) is 22.5. The van der Waals surface area contributed by atoms with Crippen LogP contribution in [-0.4, -0.2) is 16.6 Å². The van der Waals surface area contributed by atoms with Gasteiger partial charge in [0.05, 0.1) is 11.2 Å². The summed E-state index contributed by atoms with van der Waals surface area (Å²) in [5, 5.41) is 13.6. The van der Waals surface area contributed by atoms with Gasteiger partial charge in [0.15, 0.2) is 11.5 Å². The molecular weight excluding hydrogens is 412 g/mol. The van der Waals surface area contributed by atoms with Gasteiger partial charge in [0.1, 0.15) is 11.5 Å². The lowest BCUT2D eigenvalue weighted by Gasteiger charge is -2.04. The largest absolute Gasteiger partial charge is 0.459 e. The van der Waals surface area contributed by atoms with E-state index in [4.69, 9.17) is 8.83 Å². The average Bonchev–Trinajstić information content (AvgIpc) is 3.50. The van der Waals surface area contributed by atoms with Gasteiger partial charge in [0, 0.05) is 28.9 Å². The fourth-order valence-corrected chi connectivity index (χ4v) is 2.98. The van der Waals surface area contributed by atoms with Crippen LogP contribution in [0.25, 0.3) is 17.4 Å². The molecule has 0 radical (unpaired) electrons. The monoisotopic (exact) mass is 428 g/mol. The molecule has 32 heavy (non-hydrogen) atoms. The van der Waals surface area contributed by atoms with Crippen molar-refractivity contribution in [2.75, 3.05) is 5.32 Å². The second-order valence-electron chi connectivity index (χ2n) is 6.72. The van der Waals surface area contributed by atoms with Gasteiger partial charge in [0.25, 0.3) is 11.6 Å². The maximum absolute atomic E-state index is 12.5. The molecule has 158 valence electrons. The van der Waals surface area contributed by atoms with Crippen molar-refractivity contribution in [3.05, 3.63) is 112 Å². The highest BCUT2D eigenvalue weighted by Crippen LogP contribution is 2.26. The molecule has 0 fully saturated rings. The predicted octanol–water partition coefficient (Wildman–Crippen LogP) is 5.60. The molecule has 2 aromatic carbocycles. The molecule has 8 nitrogen and oxygen atoms in total. The highest BCUT2D eigenvalue weighted by molar-refractivity contribution is 6.08. The van der Waals surface area contributed by atoms with E-state index in [0.717, 1.165) is 0 Å². The number of carbonyl (C=O) groups is 2. The first kappa shape index (κ1) is 20.5. The zero-order valence-electron chi connectivity index (χ0n) is 16.6. The van der Waals surface area contributed by atoms with Crippen molar-refractivity contribution < 1.29 is 23.3 Å². The van der Waals surface area contributed by atoms with Gasteiger partial charge < -0.3 is 14.2 Å². The number of carbonyl (C=O) groups excluding carboxylic acids is 2. The summed E-state index contributed by atoms with van der Waals surface area (Å²) in [6.07, 6.45) is 4.26. The van der Waals surface area contributed by atoms with Crippen LogP contribution in [0.5, 0.6) is 0 Å². The van der Waals surface area contributed by atoms with Gasteiger partial charge in [-0.05, 0) is 48.6 Å². The molecule has 1 N–H and O–H groups in total. The Morgan fingerprint density at radius 1 is 0.969 bits per heavy atom. The summed E-state index contributed by atoms with van der Waals surface area (Å²) in [5.41, 5.74) is 1.36. The van der Waals surface area contributed by atoms with Gasteiger partial charge in [0.2, 0.25) is 0 Å². The summed E-state index contributed by atoms with van der Waals surface area (Å²) < 4.78 is 10.7. The number of nitro groups is 1. The number of anilines is 1. The lowest BCUT2D eigenvalue weighted by molar-refractivity contribution is -0.384. The van der Waals surface area contributed by atoms with Crippen molar-refractivity contribution in [3.63, 3.8) is 0 Å². The molecule has 1 amide bonds. The molecule has 0 unspecified atom stereocenters. The Bertz CT molecular complexity index is 1320. The molecule has 4 aromatic rings. The van der Waals surface area contributed by atoms with Crippen LogP contribution < -0.4 is 5.32 Å². The van der Waals surface area contributed by atoms with Crippen molar-refractivity contribution in [1.29, 1.82) is 0 Å². The molecular formula is C24H16N2O6. The van der Waals surface area contributed by atoms with Crippen molar-refractivity contribution >= 4 is 29.1 Å². The van der Waals surface area contributed by atoms with Crippen molar-refractivity contribution in [2.45, 2.75) is 0 Å². The van der Waals surface area contributed by atoms with Crippen LogP contribution in [0.15, 0.2) is 94.0 Å². The van der Waals surface area contributed by atoms with Crippen molar-refractivity contribution in [3.8, 4) is 11.3 Å². The Hall–Kier alpha value is -4.72. The van der Waals surface area contributed by atoms with E-state index in [1.165, 1.54) is 30.5 Å². The highest BCUT2D eigenvalue weighted by Gasteiger charge is 2.11. The number of ketones is 1. The van der Waals surface area contributed by atoms with Gasteiger partial charge in [-0.15, -0.1) is 0 Å². The normalized spacial score (nSPS) is 10.9. The van der Waals surface area contributed by atoms with E-state index in [1.807, 2.05) is 0 Å². The van der Waals surface area contributed by atoms with Crippen LogP contribution in [0.1, 0.15) is 26.7 Å². The second kappa shape index (κ2) is 8.97. The predicted molar refractivity (Wildman–Crippen MR) is 117 cm³/mol. The van der Waals surface area contributed by atoms with Crippen LogP contribution in [0, 0.1) is 10.1 Å². The number of nitrogens with zero attached hydrogens (tertiary/aromatic N) is 1. The van der Waals surface area contributed by atoms with E-state index in [9.17, 15) is 19.7 Å². The third-order valence-corrected chi connectivity index (χ3v) is 4.52. The molecule has 2 heterocycles. The summed E-state index contributed by atoms with van der Waals surface area (Å²) >= 11 is 0. The first-order valence-electron chi connectivity index (χ1n) is 9.51. The van der Waals surface area contributed by atoms with Crippen LogP contribution >= 0.6 is 0 Å². The number of allylic oxidation sites excluding steroid dienone is 1. The van der Waals surface area contributed by atoms with Gasteiger partial charge in [-0.1, -0.05) is 24.3 Å². The van der Waals surface area contributed by atoms with Crippen LogP contribution in [0.4, 0.5) is 11.4 Å². The van der Waals surface area contributed by atoms with Gasteiger partial charge in [-0.2, -0.15) is 0 Å². The Balaban J connectivity index is 1.45. The molecule has 0 bridgehead atoms. The zero-order valence-corrected chi connectivity index (χ0v) is 16.6. The minimum Gasteiger partial charge on any atom is -0.459 e. The van der Waals surface area contributed by atoms with E-state index in [1.54, 1.807) is 60.7 Å². The van der Waals surface area contributed by atoms with E-state index in [-0.39, 0.29) is 17.2 Å². The highest BCUT2D eigenvalue weighted by atomic mass is 16.6. The average molecular weight is 428 g/mol. The number of hydrogen-bond donors (Lipinski definition) is 1. The minimum atomic E-state index is -0.475. The molecule has 0 saturated carbocycles. The second-order valence-corrected chi connectivity index (χ2v) is 6.72. The minimum absolute atomic E-state index is 0.0369. The molecule has 0 atom stereocenters. The lowest BCUT2D eigenvalue weighted by Crippen LogP contribution is -2.11. The standard InChI is InChI=1S/C24H16N2O6/c27-21(16-4-1-6-18(14-16)25-24(28)23-8-3-13-31-23)11-9-20-10-12-22(32-20)17-5-2-7-19(15-17)26(29)30/h1-15H,(H,25,28)/b11-9+. The molecule has 0 spiro atoms. The van der Waals surface area contributed by atoms with E-state index >= 15 is 0 Å². The topological polar surface area (TPSA) is 116 Å². The van der Waals surface area contributed by atoms with Crippen molar-refractivity contribution in [1.82, 2.24) is 0 Å². The summed E-state index contributed by atoms with van der Waals surface area (Å²) in [6.45, 7) is 0. The first-order chi connectivity index (χ1) is 15.5. The number of non-ortho nitro benzene ring substituents is 1. The third-order valence-electron chi connectivity index (χ3n) is 4.52. The molecule has 0 aliphatic rings. The van der Waals surface area contributed by atoms with E-state index < -0.39 is 10.8 Å². The number of furan rings is 2. The number of rotatable bonds is 7. The fourth-order valence-electron chi connectivity index (χ4n) is 2.98. The SMILES string of the molecule is O=C(/C=C/c1ccc(-c2cccc([N+](=O)[O-])c2)o1)c1cccc(NC(=O)c2ccco2)c1. The number of amides is 1. The smallest absolute Gasteiger partial charge is 0.291 e. The molecule has 0 aliphatic heterocycles. The first-order valence-corrected chi connectivity index (χ1v) is 9.51. The third kappa shape index (κ3) is 4.71. The van der Waals surface area contributed by atoms with E-state index in [0.29, 0.717) is 28.3 Å². The van der Waals surface area contributed by atoms with Crippen LogP contribution in [-0.2, 0) is 0 Å². The Labute approximate surface area is 181 Å². The van der Waals surface area contributed by atoms with Crippen LogP contribution in [0.3, 0.4) is 0 Å². The van der Waals surface area contributed by atoms with Gasteiger partial charge in [-0.3, -0.25) is 19.7 Å². The number of benzene rings is 2. The molecule has 2 aromatic heterocycles. The Morgan fingerprint density at radius 3 is 2.59 bits per heavy atom. The maximum Gasteiger partial charge on any atom is 0.291 e. The van der Waals surface area contributed by atoms with Crippen molar-refractivity contribution in [2.24, 2.45) is 0 Å². The molecule has 4 rings (SSSR count). The number of nitrogens with one attached hydrogen (secondary N) is 1.